The number of amides is 1. The number of carbonyl (C=O) groups is 1. The van der Waals surface area contributed by atoms with Crippen LogP contribution in [-0.4, -0.2) is 17.6 Å². The summed E-state index contributed by atoms with van der Waals surface area (Å²) in [5.74, 6) is 0.413. The van der Waals surface area contributed by atoms with E-state index in [1.807, 2.05) is 30.5 Å². The highest BCUT2D eigenvalue weighted by molar-refractivity contribution is 6.04. The zero-order valence-corrected chi connectivity index (χ0v) is 11.9. The van der Waals surface area contributed by atoms with Gasteiger partial charge in [-0.25, -0.2) is 0 Å². The topological polar surface area (TPSA) is 69.3 Å². The van der Waals surface area contributed by atoms with Crippen LogP contribution in [0.2, 0.25) is 0 Å². The average Bonchev–Trinajstić information content (AvgIpc) is 2.82. The molecule has 106 valence electrons. The van der Waals surface area contributed by atoms with Crippen molar-refractivity contribution in [1.82, 2.24) is 4.57 Å². The summed E-state index contributed by atoms with van der Waals surface area (Å²) in [6.45, 7) is 4.00. The van der Waals surface area contributed by atoms with Crippen molar-refractivity contribution in [3.05, 3.63) is 42.2 Å². The molecule has 0 aliphatic carbocycles. The van der Waals surface area contributed by atoms with Crippen LogP contribution in [0.4, 0.5) is 11.4 Å². The van der Waals surface area contributed by atoms with Gasteiger partial charge >= 0.3 is 0 Å². The van der Waals surface area contributed by atoms with Gasteiger partial charge in [-0.2, -0.15) is 0 Å². The summed E-state index contributed by atoms with van der Waals surface area (Å²) in [5, 5.41) is 2.85. The number of anilines is 2. The van der Waals surface area contributed by atoms with Crippen molar-refractivity contribution < 1.29 is 9.53 Å². The standard InChI is InChI=1S/C15H19N3O2/c1-10(2)18-9-11(16)8-13(18)15(19)17-12-6-4-5-7-14(12)20-3/h4-10H,16H2,1-3H3,(H,17,19). The molecular weight excluding hydrogens is 254 g/mol. The first kappa shape index (κ1) is 14.0. The number of para-hydroxylation sites is 2. The molecule has 0 aliphatic rings. The molecule has 2 rings (SSSR count). The maximum atomic E-state index is 12.4. The van der Waals surface area contributed by atoms with Crippen LogP contribution in [0.25, 0.3) is 0 Å². The first-order valence-corrected chi connectivity index (χ1v) is 6.44. The van der Waals surface area contributed by atoms with E-state index in [1.165, 1.54) is 0 Å². The van der Waals surface area contributed by atoms with E-state index in [1.54, 1.807) is 31.5 Å². The second-order valence-corrected chi connectivity index (χ2v) is 4.81. The van der Waals surface area contributed by atoms with Crippen LogP contribution in [0.1, 0.15) is 30.4 Å². The molecular formula is C15H19N3O2. The van der Waals surface area contributed by atoms with Crippen LogP contribution >= 0.6 is 0 Å². The van der Waals surface area contributed by atoms with Crippen LogP contribution in [0.3, 0.4) is 0 Å². The number of nitrogens with one attached hydrogen (secondary N) is 1. The van der Waals surface area contributed by atoms with E-state index in [0.717, 1.165) is 0 Å². The van der Waals surface area contributed by atoms with Crippen LogP contribution in [0, 0.1) is 0 Å². The molecule has 0 radical (unpaired) electrons. The number of benzene rings is 1. The van der Waals surface area contributed by atoms with E-state index in [2.05, 4.69) is 5.32 Å². The number of methoxy groups -OCH3 is 1. The maximum absolute atomic E-state index is 12.4. The lowest BCUT2D eigenvalue weighted by atomic mass is 10.2. The van der Waals surface area contributed by atoms with Gasteiger partial charge in [0.15, 0.2) is 0 Å². The Morgan fingerprint density at radius 2 is 2.05 bits per heavy atom. The number of rotatable bonds is 4. The summed E-state index contributed by atoms with van der Waals surface area (Å²) in [5.41, 5.74) is 7.52. The van der Waals surface area contributed by atoms with Gasteiger partial charge in [-0.15, -0.1) is 0 Å². The number of nitrogens with zero attached hydrogens (tertiary/aromatic N) is 1. The third-order valence-electron chi connectivity index (χ3n) is 3.01. The number of nitrogens with two attached hydrogens (primary N) is 1. The second kappa shape index (κ2) is 5.69. The van der Waals surface area contributed by atoms with Crippen LogP contribution in [0.15, 0.2) is 36.5 Å². The van der Waals surface area contributed by atoms with Crippen molar-refractivity contribution in [3.8, 4) is 5.75 Å². The van der Waals surface area contributed by atoms with Gasteiger partial charge in [0.25, 0.3) is 5.91 Å². The quantitative estimate of drug-likeness (QED) is 0.900. The Morgan fingerprint density at radius 1 is 1.35 bits per heavy atom. The summed E-state index contributed by atoms with van der Waals surface area (Å²) < 4.78 is 7.07. The molecule has 0 atom stereocenters. The predicted octanol–water partition coefficient (Wildman–Crippen LogP) is 2.91. The molecule has 3 N–H and O–H groups in total. The van der Waals surface area contributed by atoms with Gasteiger partial charge in [-0.1, -0.05) is 12.1 Å². The molecule has 5 nitrogen and oxygen atoms in total. The highest BCUT2D eigenvalue weighted by Crippen LogP contribution is 2.24. The minimum Gasteiger partial charge on any atom is -0.495 e. The zero-order valence-electron chi connectivity index (χ0n) is 11.9. The number of hydrogen-bond donors (Lipinski definition) is 2. The SMILES string of the molecule is COc1ccccc1NC(=O)c1cc(N)cn1C(C)C. The molecule has 0 aliphatic heterocycles. The van der Waals surface area contributed by atoms with Crippen LogP contribution < -0.4 is 15.8 Å². The Morgan fingerprint density at radius 3 is 2.70 bits per heavy atom. The first-order valence-electron chi connectivity index (χ1n) is 6.44. The molecule has 1 heterocycles. The van der Waals surface area contributed by atoms with Crippen molar-refractivity contribution in [2.24, 2.45) is 0 Å². The van der Waals surface area contributed by atoms with Gasteiger partial charge in [0, 0.05) is 12.2 Å². The van der Waals surface area contributed by atoms with Gasteiger partial charge in [0.2, 0.25) is 0 Å². The highest BCUT2D eigenvalue weighted by Gasteiger charge is 2.16. The number of carbonyl (C=O) groups excluding carboxylic acids is 1. The molecule has 0 fully saturated rings. The monoisotopic (exact) mass is 273 g/mol. The van der Waals surface area contributed by atoms with Crippen molar-refractivity contribution >= 4 is 17.3 Å². The molecule has 0 spiro atoms. The van der Waals surface area contributed by atoms with Crippen molar-refractivity contribution in [1.29, 1.82) is 0 Å². The summed E-state index contributed by atoms with van der Waals surface area (Å²) >= 11 is 0. The number of nitrogen functional groups attached to an aromatic ring is 1. The van der Waals surface area contributed by atoms with E-state index in [9.17, 15) is 4.79 Å². The second-order valence-electron chi connectivity index (χ2n) is 4.81. The lowest BCUT2D eigenvalue weighted by molar-refractivity contribution is 0.101. The molecule has 0 bridgehead atoms. The predicted molar refractivity (Wildman–Crippen MR) is 80.2 cm³/mol. The van der Waals surface area contributed by atoms with E-state index >= 15 is 0 Å². The Labute approximate surface area is 118 Å². The Hall–Kier alpha value is -2.43. The third-order valence-corrected chi connectivity index (χ3v) is 3.01. The molecule has 20 heavy (non-hydrogen) atoms. The normalized spacial score (nSPS) is 10.6. The molecule has 0 saturated heterocycles. The number of aromatic nitrogens is 1. The van der Waals surface area contributed by atoms with Crippen molar-refractivity contribution in [2.45, 2.75) is 19.9 Å². The van der Waals surface area contributed by atoms with Crippen molar-refractivity contribution in [3.63, 3.8) is 0 Å². The van der Waals surface area contributed by atoms with E-state index < -0.39 is 0 Å². The largest absolute Gasteiger partial charge is 0.495 e. The first-order chi connectivity index (χ1) is 9.52. The lowest BCUT2D eigenvalue weighted by Crippen LogP contribution is -2.18. The number of hydrogen-bond acceptors (Lipinski definition) is 3. The zero-order chi connectivity index (χ0) is 14.7. The Kier molecular flexibility index (Phi) is 3.98. The molecule has 2 aromatic rings. The average molecular weight is 273 g/mol. The van der Waals surface area contributed by atoms with E-state index in [4.69, 9.17) is 10.5 Å². The number of ether oxygens (including phenoxy) is 1. The van der Waals surface area contributed by atoms with Gasteiger partial charge < -0.3 is 20.4 Å². The Bertz CT molecular complexity index is 617. The van der Waals surface area contributed by atoms with Crippen LogP contribution in [-0.2, 0) is 0 Å². The third kappa shape index (κ3) is 2.77. The molecule has 1 aromatic carbocycles. The van der Waals surface area contributed by atoms with E-state index in [0.29, 0.717) is 22.8 Å². The fourth-order valence-electron chi connectivity index (χ4n) is 2.04. The highest BCUT2D eigenvalue weighted by atomic mass is 16.5. The van der Waals surface area contributed by atoms with Gasteiger partial charge in [0.1, 0.15) is 11.4 Å². The Balaban J connectivity index is 2.28. The van der Waals surface area contributed by atoms with Crippen LogP contribution in [0.5, 0.6) is 5.75 Å². The molecule has 0 saturated carbocycles. The molecule has 0 unspecified atom stereocenters. The fraction of sp³-hybridized carbons (Fsp3) is 0.267. The minimum absolute atomic E-state index is 0.158. The summed E-state index contributed by atoms with van der Waals surface area (Å²) in [7, 11) is 1.57. The molecule has 1 aromatic heterocycles. The van der Waals surface area contributed by atoms with Gasteiger partial charge in [-0.3, -0.25) is 4.79 Å². The molecule has 1 amide bonds. The van der Waals surface area contributed by atoms with Gasteiger partial charge in [0.05, 0.1) is 18.5 Å². The lowest BCUT2D eigenvalue weighted by Gasteiger charge is -2.14. The summed E-state index contributed by atoms with van der Waals surface area (Å²) in [4.78, 5) is 12.4. The minimum atomic E-state index is -0.208. The van der Waals surface area contributed by atoms with Crippen molar-refractivity contribution in [2.75, 3.05) is 18.2 Å². The van der Waals surface area contributed by atoms with Gasteiger partial charge in [-0.05, 0) is 32.0 Å². The molecule has 5 heteroatoms. The van der Waals surface area contributed by atoms with E-state index in [-0.39, 0.29) is 11.9 Å². The fourth-order valence-corrected chi connectivity index (χ4v) is 2.04. The summed E-state index contributed by atoms with van der Waals surface area (Å²) in [6.07, 6.45) is 1.77. The smallest absolute Gasteiger partial charge is 0.272 e. The maximum Gasteiger partial charge on any atom is 0.272 e. The summed E-state index contributed by atoms with van der Waals surface area (Å²) in [6, 6.07) is 9.11.